The van der Waals surface area contributed by atoms with Crippen LogP contribution in [0.15, 0.2) is 46.2 Å². The zero-order chi connectivity index (χ0) is 16.8. The molecule has 2 aromatic carbocycles. The highest BCUT2D eigenvalue weighted by Gasteiger charge is 2.10. The molecule has 0 atom stereocenters. The van der Waals surface area contributed by atoms with Gasteiger partial charge in [-0.1, -0.05) is 0 Å². The monoisotopic (exact) mass is 352 g/mol. The van der Waals surface area contributed by atoms with E-state index in [9.17, 15) is 0 Å². The van der Waals surface area contributed by atoms with E-state index in [1.807, 2.05) is 49.3 Å². The van der Waals surface area contributed by atoms with Gasteiger partial charge in [-0.15, -0.1) is 21.1 Å². The summed E-state index contributed by atoms with van der Waals surface area (Å²) in [6.07, 6.45) is 2.07. The Labute approximate surface area is 145 Å². The summed E-state index contributed by atoms with van der Waals surface area (Å²) in [4.78, 5) is 8.21. The molecule has 0 aliphatic heterocycles. The molecule has 0 spiro atoms. The highest BCUT2D eigenvalue weighted by molar-refractivity contribution is 7.98. The average molecular weight is 352 g/mol. The maximum Gasteiger partial charge on any atom is 0.150 e. The second kappa shape index (κ2) is 8.47. The third-order valence-electron chi connectivity index (χ3n) is 3.18. The molecule has 0 saturated carbocycles. The zero-order valence-corrected chi connectivity index (χ0v) is 15.2. The number of ether oxygens (including phenoxy) is 1. The number of benzene rings is 2. The molecule has 0 amide bonds. The Hall–Kier alpha value is -1.38. The first-order chi connectivity index (χ1) is 11.0. The minimum Gasteiger partial charge on any atom is -0.455 e. The molecule has 0 aliphatic rings. The Morgan fingerprint density at radius 1 is 1.09 bits per heavy atom. The Balaban J connectivity index is 2.26. The van der Waals surface area contributed by atoms with Crippen LogP contribution in [0.4, 0.5) is 5.69 Å². The Bertz CT molecular complexity index is 666. The second-order valence-corrected chi connectivity index (χ2v) is 6.63. The Morgan fingerprint density at radius 2 is 1.87 bits per heavy atom. The van der Waals surface area contributed by atoms with Gasteiger partial charge in [-0.3, -0.25) is 0 Å². The molecule has 2 aromatic rings. The smallest absolute Gasteiger partial charge is 0.150 e. The van der Waals surface area contributed by atoms with Crippen molar-refractivity contribution in [3.05, 3.63) is 42.0 Å². The number of anilines is 1. The summed E-state index contributed by atoms with van der Waals surface area (Å²) in [7, 11) is 3.91. The van der Waals surface area contributed by atoms with Gasteiger partial charge in [0, 0.05) is 23.9 Å². The third kappa shape index (κ3) is 4.79. The predicted molar refractivity (Wildman–Crippen MR) is 96.0 cm³/mol. The van der Waals surface area contributed by atoms with E-state index in [0.717, 1.165) is 34.1 Å². The minimum absolute atomic E-state index is 0.768. The van der Waals surface area contributed by atoms with Gasteiger partial charge in [-0.25, -0.2) is 0 Å². The molecule has 0 fully saturated rings. The van der Waals surface area contributed by atoms with Crippen molar-refractivity contribution in [3.63, 3.8) is 0 Å². The molecule has 0 saturated heterocycles. The number of hydrogen-bond donors (Lipinski definition) is 1. The lowest BCUT2D eigenvalue weighted by Gasteiger charge is -2.19. The minimum atomic E-state index is 0.768. The first-order valence-corrected chi connectivity index (χ1v) is 8.85. The lowest BCUT2D eigenvalue weighted by molar-refractivity contribution is -0.195. The van der Waals surface area contributed by atoms with Gasteiger partial charge in [0.25, 0.3) is 0 Å². The normalized spacial score (nSPS) is 10.7. The lowest BCUT2D eigenvalue weighted by Crippen LogP contribution is -2.10. The van der Waals surface area contributed by atoms with Crippen molar-refractivity contribution in [1.82, 2.24) is 0 Å². The van der Waals surface area contributed by atoms with Gasteiger partial charge in [0.05, 0.1) is 17.7 Å². The molecule has 2 N–H and O–H groups in total. The van der Waals surface area contributed by atoms with Gasteiger partial charge in [-0.2, -0.15) is 5.90 Å². The van der Waals surface area contributed by atoms with Crippen LogP contribution in [0.3, 0.4) is 0 Å². The summed E-state index contributed by atoms with van der Waals surface area (Å²) in [5, 5.41) is 0. The number of nitrogens with two attached hydrogens (primary N) is 1. The van der Waals surface area contributed by atoms with E-state index in [1.54, 1.807) is 11.8 Å². The average Bonchev–Trinajstić information content (AvgIpc) is 2.54. The zero-order valence-electron chi connectivity index (χ0n) is 13.5. The summed E-state index contributed by atoms with van der Waals surface area (Å²) in [6.45, 7) is 2.08. The van der Waals surface area contributed by atoms with Gasteiger partial charge in [0.2, 0.25) is 0 Å². The van der Waals surface area contributed by atoms with E-state index in [0.29, 0.717) is 0 Å². The van der Waals surface area contributed by atoms with E-state index >= 15 is 0 Å². The third-order valence-corrected chi connectivity index (χ3v) is 4.67. The summed E-state index contributed by atoms with van der Waals surface area (Å²) >= 11 is 2.77. The summed E-state index contributed by atoms with van der Waals surface area (Å²) in [5.74, 6) is 6.44. The molecule has 0 unspecified atom stereocenters. The van der Waals surface area contributed by atoms with Crippen LogP contribution in [0.1, 0.15) is 5.56 Å². The van der Waals surface area contributed by atoms with Gasteiger partial charge in [0.1, 0.15) is 5.75 Å². The summed E-state index contributed by atoms with van der Waals surface area (Å²) in [5.41, 5.74) is 2.13. The van der Waals surface area contributed by atoms with Crippen molar-refractivity contribution in [2.45, 2.75) is 16.7 Å². The van der Waals surface area contributed by atoms with E-state index < -0.39 is 0 Å². The van der Waals surface area contributed by atoms with E-state index in [-0.39, 0.29) is 0 Å². The molecule has 2 rings (SSSR count). The van der Waals surface area contributed by atoms with Crippen LogP contribution < -0.4 is 15.5 Å². The Kier molecular flexibility index (Phi) is 6.61. The highest BCUT2D eigenvalue weighted by Crippen LogP contribution is 2.36. The lowest BCUT2D eigenvalue weighted by atomic mass is 10.2. The fourth-order valence-electron chi connectivity index (χ4n) is 2.09. The van der Waals surface area contributed by atoms with Crippen LogP contribution in [-0.4, -0.2) is 20.4 Å². The number of hydrogen-bond acceptors (Lipinski definition) is 7. The number of aryl methyl sites for hydroxylation is 1. The van der Waals surface area contributed by atoms with Crippen molar-refractivity contribution in [2.75, 3.05) is 25.3 Å². The molecule has 0 radical (unpaired) electrons. The predicted octanol–water partition coefficient (Wildman–Crippen LogP) is 4.40. The molecule has 0 aliphatic carbocycles. The van der Waals surface area contributed by atoms with Crippen LogP contribution in [0.25, 0.3) is 0 Å². The van der Waals surface area contributed by atoms with Crippen molar-refractivity contribution in [3.8, 4) is 11.5 Å². The fraction of sp³-hybridized carbons (Fsp3) is 0.250. The van der Waals surface area contributed by atoms with Crippen LogP contribution in [0.2, 0.25) is 0 Å². The van der Waals surface area contributed by atoms with Crippen molar-refractivity contribution in [1.29, 1.82) is 0 Å². The summed E-state index contributed by atoms with van der Waals surface area (Å²) in [6, 6.07) is 11.8. The molecule has 23 heavy (non-hydrogen) atoms. The van der Waals surface area contributed by atoms with Crippen LogP contribution >= 0.6 is 23.8 Å². The first kappa shape index (κ1) is 18.0. The largest absolute Gasteiger partial charge is 0.455 e. The molecule has 7 heteroatoms. The summed E-state index contributed by atoms with van der Waals surface area (Å²) < 4.78 is 10.7. The number of thioether (sulfide) groups is 1. The first-order valence-electron chi connectivity index (χ1n) is 6.89. The molecule has 0 heterocycles. The number of nitrogens with zero attached hydrogens (tertiary/aromatic N) is 1. The van der Waals surface area contributed by atoms with Gasteiger partial charge in [0.15, 0.2) is 5.75 Å². The maximum absolute atomic E-state index is 6.05. The van der Waals surface area contributed by atoms with Crippen molar-refractivity contribution in [2.24, 2.45) is 5.90 Å². The van der Waals surface area contributed by atoms with E-state index in [2.05, 4.69) is 28.6 Å². The molecule has 124 valence electrons. The van der Waals surface area contributed by atoms with E-state index in [4.69, 9.17) is 10.6 Å². The maximum atomic E-state index is 6.05. The van der Waals surface area contributed by atoms with Crippen LogP contribution in [-0.2, 0) is 9.32 Å². The SMILES string of the molecule is CSc1ccc(Oc2ccc(SOON)cc2N(C)C)cc1C. The van der Waals surface area contributed by atoms with Gasteiger partial charge < -0.3 is 9.64 Å². The molecular weight excluding hydrogens is 332 g/mol. The van der Waals surface area contributed by atoms with E-state index in [1.165, 1.54) is 10.5 Å². The Morgan fingerprint density at radius 3 is 2.48 bits per heavy atom. The van der Waals surface area contributed by atoms with Gasteiger partial charge >= 0.3 is 0 Å². The number of rotatable bonds is 7. The highest BCUT2D eigenvalue weighted by atomic mass is 32.2. The second-order valence-electron chi connectivity index (χ2n) is 5.01. The molecule has 0 bridgehead atoms. The molecule has 5 nitrogen and oxygen atoms in total. The topological polar surface area (TPSA) is 57.0 Å². The van der Waals surface area contributed by atoms with Crippen molar-refractivity contribution >= 4 is 29.5 Å². The fourth-order valence-corrected chi connectivity index (χ4v) is 3.07. The molecule has 0 aromatic heterocycles. The van der Waals surface area contributed by atoms with Gasteiger partial charge in [-0.05, 0) is 55.1 Å². The van der Waals surface area contributed by atoms with Crippen LogP contribution in [0.5, 0.6) is 11.5 Å². The quantitative estimate of drug-likeness (QED) is 0.343. The van der Waals surface area contributed by atoms with Crippen LogP contribution in [0, 0.1) is 6.92 Å². The molecular formula is C16H20N2O3S2. The van der Waals surface area contributed by atoms with Crippen molar-refractivity contribution < 1.29 is 14.1 Å². The standard InChI is InChI=1S/C16H20N2O3S2/c1-11-9-12(5-8-16(11)22-4)19-15-7-6-13(23-21-20-17)10-14(15)18(2)3/h5-10H,17H2,1-4H3.